The number of hydrogen-bond donors (Lipinski definition) is 1. The number of halogens is 1. The first-order valence-corrected chi connectivity index (χ1v) is 14.0. The molecule has 2 heterocycles. The van der Waals surface area contributed by atoms with Gasteiger partial charge in [0.2, 0.25) is 5.13 Å². The lowest BCUT2D eigenvalue weighted by molar-refractivity contribution is -0.132. The zero-order chi connectivity index (χ0) is 27.5. The third kappa shape index (κ3) is 5.43. The fourth-order valence-corrected chi connectivity index (χ4v) is 6.12. The molecule has 4 aromatic rings. The van der Waals surface area contributed by atoms with Crippen molar-refractivity contribution < 1.29 is 23.8 Å². The molecule has 1 saturated heterocycles. The maximum absolute atomic E-state index is 14.1. The predicted molar refractivity (Wildman–Crippen MR) is 149 cm³/mol. The van der Waals surface area contributed by atoms with Crippen molar-refractivity contribution in [3.63, 3.8) is 0 Å². The Balaban J connectivity index is 1.56. The summed E-state index contributed by atoms with van der Waals surface area (Å²) in [6.07, 6.45) is 0. The number of rotatable bonds is 8. The molecule has 7 nitrogen and oxygen atoms in total. The number of carbonyl (C=O) groups is 2. The molecule has 0 saturated carbocycles. The molecule has 1 aliphatic rings. The molecule has 0 aliphatic carbocycles. The van der Waals surface area contributed by atoms with E-state index in [0.717, 1.165) is 16.9 Å². The van der Waals surface area contributed by atoms with Crippen LogP contribution < -0.4 is 9.64 Å². The summed E-state index contributed by atoms with van der Waals surface area (Å²) in [6, 6.07) is 19.6. The molecule has 5 rings (SSSR count). The molecule has 1 unspecified atom stereocenters. The van der Waals surface area contributed by atoms with Crippen LogP contribution in [0.3, 0.4) is 0 Å². The summed E-state index contributed by atoms with van der Waals surface area (Å²) in [4.78, 5) is 28.1. The summed E-state index contributed by atoms with van der Waals surface area (Å²) in [7, 11) is 0. The van der Waals surface area contributed by atoms with Gasteiger partial charge in [-0.3, -0.25) is 14.5 Å². The molecular weight excluding hydrogens is 537 g/mol. The number of thioether (sulfide) groups is 1. The molecule has 1 fully saturated rings. The van der Waals surface area contributed by atoms with Crippen molar-refractivity contribution in [2.75, 3.05) is 11.5 Å². The number of benzene rings is 3. The minimum absolute atomic E-state index is 0.0479. The van der Waals surface area contributed by atoms with E-state index in [0.29, 0.717) is 39.1 Å². The van der Waals surface area contributed by atoms with Crippen LogP contribution in [-0.2, 0) is 15.3 Å². The van der Waals surface area contributed by atoms with Gasteiger partial charge in [-0.25, -0.2) is 4.39 Å². The molecule has 1 aliphatic heterocycles. The molecule has 10 heteroatoms. The number of aliphatic hydroxyl groups excluding tert-OH is 1. The van der Waals surface area contributed by atoms with Crippen molar-refractivity contribution in [1.82, 2.24) is 10.2 Å². The summed E-state index contributed by atoms with van der Waals surface area (Å²) < 4.78 is 20.2. The van der Waals surface area contributed by atoms with Gasteiger partial charge in [0.15, 0.2) is 4.34 Å². The van der Waals surface area contributed by atoms with Crippen LogP contribution in [-0.4, -0.2) is 33.6 Å². The predicted octanol–water partition coefficient (Wildman–Crippen LogP) is 6.30. The molecule has 1 atom stereocenters. The normalized spacial score (nSPS) is 16.6. The average Bonchev–Trinajstić information content (AvgIpc) is 3.50. The summed E-state index contributed by atoms with van der Waals surface area (Å²) in [6.45, 7) is 4.21. The number of amides is 1. The smallest absolute Gasteiger partial charge is 0.301 e. The van der Waals surface area contributed by atoms with Crippen LogP contribution in [0.1, 0.15) is 35.2 Å². The fourth-order valence-electron chi connectivity index (χ4n) is 4.27. The largest absolute Gasteiger partial charge is 0.507 e. The van der Waals surface area contributed by atoms with Gasteiger partial charge in [0, 0.05) is 11.3 Å². The van der Waals surface area contributed by atoms with E-state index in [1.807, 2.05) is 26.0 Å². The van der Waals surface area contributed by atoms with Gasteiger partial charge in [-0.1, -0.05) is 83.3 Å². The van der Waals surface area contributed by atoms with Crippen LogP contribution in [0, 0.1) is 12.7 Å². The van der Waals surface area contributed by atoms with Gasteiger partial charge in [-0.05, 0) is 43.2 Å². The second-order valence-corrected chi connectivity index (χ2v) is 10.9. The number of carbonyl (C=O) groups excluding carboxylic acids is 2. The number of nitrogens with zero attached hydrogens (tertiary/aromatic N) is 3. The Bertz CT molecular complexity index is 1570. The van der Waals surface area contributed by atoms with E-state index >= 15 is 0 Å². The number of ketones is 1. The fraction of sp³-hybridized carbons (Fsp3) is 0.172. The number of Topliss-reactive ketones (excluding diaryl/α,β-unsaturated/α-hetero) is 1. The number of anilines is 1. The van der Waals surface area contributed by atoms with E-state index in [1.165, 1.54) is 22.7 Å². The van der Waals surface area contributed by atoms with E-state index in [4.69, 9.17) is 4.74 Å². The number of aliphatic hydroxyl groups is 1. The van der Waals surface area contributed by atoms with Crippen LogP contribution >= 0.6 is 23.1 Å². The Hall–Kier alpha value is -4.02. The van der Waals surface area contributed by atoms with Crippen LogP contribution in [0.25, 0.3) is 5.76 Å². The van der Waals surface area contributed by atoms with Crippen molar-refractivity contribution in [3.8, 4) is 5.75 Å². The van der Waals surface area contributed by atoms with E-state index in [9.17, 15) is 19.1 Å². The highest BCUT2D eigenvalue weighted by molar-refractivity contribution is 8.00. The first kappa shape index (κ1) is 26.6. The average molecular weight is 562 g/mol. The third-order valence-corrected chi connectivity index (χ3v) is 8.27. The summed E-state index contributed by atoms with van der Waals surface area (Å²) >= 11 is 2.40. The Morgan fingerprint density at radius 3 is 2.59 bits per heavy atom. The molecule has 0 spiro atoms. The lowest BCUT2D eigenvalue weighted by Crippen LogP contribution is -2.29. The molecule has 1 aromatic heterocycles. The minimum atomic E-state index is -0.955. The van der Waals surface area contributed by atoms with Gasteiger partial charge in [0.1, 0.15) is 17.3 Å². The number of aryl methyl sites for hydroxylation is 1. The van der Waals surface area contributed by atoms with E-state index in [1.54, 1.807) is 54.6 Å². The van der Waals surface area contributed by atoms with Crippen molar-refractivity contribution in [3.05, 3.63) is 106 Å². The Morgan fingerprint density at radius 1 is 1.08 bits per heavy atom. The van der Waals surface area contributed by atoms with Gasteiger partial charge in [-0.15, -0.1) is 10.2 Å². The molecule has 3 aromatic carbocycles. The topological polar surface area (TPSA) is 92.6 Å². The first-order valence-electron chi connectivity index (χ1n) is 12.2. The second-order valence-electron chi connectivity index (χ2n) is 8.77. The third-order valence-electron chi connectivity index (χ3n) is 6.17. The highest BCUT2D eigenvalue weighted by Crippen LogP contribution is 2.44. The maximum Gasteiger partial charge on any atom is 0.301 e. The standard InChI is InChI=1S/C29H24FN3O4S2/c1-3-37-21-9-6-8-19(15-21)24-23(25(34)18-13-11-17(2)12-14-18)26(35)27(36)33(24)28-31-32-29(39-28)38-16-20-7-4-5-10-22(20)30/h4-15,24,34H,3,16H2,1-2H3/b25-23+. The zero-order valence-electron chi connectivity index (χ0n) is 21.1. The van der Waals surface area contributed by atoms with Crippen molar-refractivity contribution in [1.29, 1.82) is 0 Å². The van der Waals surface area contributed by atoms with Gasteiger partial charge in [0.05, 0.1) is 18.2 Å². The van der Waals surface area contributed by atoms with E-state index < -0.39 is 17.7 Å². The summed E-state index contributed by atoms with van der Waals surface area (Å²) in [5, 5.41) is 19.9. The van der Waals surface area contributed by atoms with Gasteiger partial charge >= 0.3 is 5.91 Å². The van der Waals surface area contributed by atoms with Crippen LogP contribution in [0.4, 0.5) is 9.52 Å². The summed E-state index contributed by atoms with van der Waals surface area (Å²) in [5.74, 6) is -1.35. The highest BCUT2D eigenvalue weighted by Gasteiger charge is 2.48. The van der Waals surface area contributed by atoms with Gasteiger partial charge in [0.25, 0.3) is 5.78 Å². The molecule has 39 heavy (non-hydrogen) atoms. The zero-order valence-corrected chi connectivity index (χ0v) is 22.8. The Morgan fingerprint density at radius 2 is 1.85 bits per heavy atom. The van der Waals surface area contributed by atoms with Crippen LogP contribution in [0.15, 0.2) is 82.7 Å². The van der Waals surface area contributed by atoms with Crippen LogP contribution in [0.5, 0.6) is 5.75 Å². The quantitative estimate of drug-likeness (QED) is 0.0887. The maximum atomic E-state index is 14.1. The van der Waals surface area contributed by atoms with Crippen molar-refractivity contribution >= 4 is 45.7 Å². The minimum Gasteiger partial charge on any atom is -0.507 e. The second kappa shape index (κ2) is 11.4. The first-order chi connectivity index (χ1) is 18.9. The van der Waals surface area contributed by atoms with Crippen LogP contribution in [0.2, 0.25) is 0 Å². The molecule has 198 valence electrons. The Labute approximate surface area is 233 Å². The monoisotopic (exact) mass is 561 g/mol. The lowest BCUT2D eigenvalue weighted by Gasteiger charge is -2.23. The SMILES string of the molecule is CCOc1cccc(C2/C(=C(\O)c3ccc(C)cc3)C(=O)C(=O)N2c2nnc(SCc3ccccc3F)s2)c1. The summed E-state index contributed by atoms with van der Waals surface area (Å²) in [5.41, 5.74) is 2.45. The molecule has 1 N–H and O–H groups in total. The van der Waals surface area contributed by atoms with E-state index in [2.05, 4.69) is 10.2 Å². The van der Waals surface area contributed by atoms with E-state index in [-0.39, 0.29) is 22.3 Å². The Kier molecular flexibility index (Phi) is 7.76. The molecule has 0 radical (unpaired) electrons. The van der Waals surface area contributed by atoms with Crippen molar-refractivity contribution in [2.24, 2.45) is 0 Å². The van der Waals surface area contributed by atoms with Gasteiger partial charge < -0.3 is 9.84 Å². The highest BCUT2D eigenvalue weighted by atomic mass is 32.2. The molecule has 1 amide bonds. The van der Waals surface area contributed by atoms with Gasteiger partial charge in [-0.2, -0.15) is 0 Å². The number of hydrogen-bond acceptors (Lipinski definition) is 8. The molecular formula is C29H24FN3O4S2. The molecule has 0 bridgehead atoms. The number of ether oxygens (including phenoxy) is 1. The lowest BCUT2D eigenvalue weighted by atomic mass is 9.95. The van der Waals surface area contributed by atoms with Crippen molar-refractivity contribution in [2.45, 2.75) is 30.0 Å². The number of aromatic nitrogens is 2.